The molecular weight excluding hydrogens is 1890 g/mol. The molecule has 0 fully saturated rings. The summed E-state index contributed by atoms with van der Waals surface area (Å²) in [6.07, 6.45) is 0. The van der Waals surface area contributed by atoms with E-state index < -0.39 is 0 Å². The Bertz CT molecular complexity index is 10400. The van der Waals surface area contributed by atoms with Crippen LogP contribution in [0.25, 0.3) is 279 Å². The second-order valence-electron chi connectivity index (χ2n) is 37.3. The molecule has 0 amide bonds. The highest BCUT2D eigenvalue weighted by molar-refractivity contribution is 7.27. The van der Waals surface area contributed by atoms with Gasteiger partial charge in [-0.15, -0.1) is 34.0 Å². The Balaban J connectivity index is 0.000000108. The first-order chi connectivity index (χ1) is 74.4. The predicted octanol–water partition coefficient (Wildman–Crippen LogP) is 36.0. The molecular formula is C135H84N12S3. The summed E-state index contributed by atoms with van der Waals surface area (Å²) < 4.78 is 15.0. The molecule has 0 aliphatic rings. The van der Waals surface area contributed by atoms with Gasteiger partial charge < -0.3 is 13.7 Å². The van der Waals surface area contributed by atoms with Gasteiger partial charge in [-0.2, -0.15) is 0 Å². The highest BCUT2D eigenvalue weighted by Gasteiger charge is 2.27. The number of rotatable bonds is 15. The molecule has 21 aromatic carbocycles. The maximum Gasteiger partial charge on any atom is 0.166 e. The van der Waals surface area contributed by atoms with Crippen molar-refractivity contribution in [1.82, 2.24) is 58.6 Å². The van der Waals surface area contributed by atoms with Gasteiger partial charge in [-0.25, -0.2) is 44.9 Å². The van der Waals surface area contributed by atoms with E-state index in [1.807, 2.05) is 131 Å². The van der Waals surface area contributed by atoms with Gasteiger partial charge in [0, 0.05) is 154 Å². The van der Waals surface area contributed by atoms with Crippen molar-refractivity contribution in [3.8, 4) is 153 Å². The lowest BCUT2D eigenvalue weighted by Gasteiger charge is -2.15. The lowest BCUT2D eigenvalue weighted by Crippen LogP contribution is -2.03. The van der Waals surface area contributed by atoms with E-state index in [1.165, 1.54) is 137 Å². The number of benzene rings is 21. The molecule has 702 valence electrons. The van der Waals surface area contributed by atoms with E-state index in [0.717, 1.165) is 89.3 Å². The number of hydrogen-bond acceptors (Lipinski definition) is 12. The molecule has 30 aromatic rings. The summed E-state index contributed by atoms with van der Waals surface area (Å²) in [4.78, 5) is 45.5. The number of fused-ring (bicyclic) bond motifs is 21. The summed E-state index contributed by atoms with van der Waals surface area (Å²) in [7, 11) is 0. The molecule has 9 heterocycles. The van der Waals surface area contributed by atoms with Crippen molar-refractivity contribution in [2.45, 2.75) is 0 Å². The lowest BCUT2D eigenvalue weighted by atomic mass is 10.0. The molecule has 150 heavy (non-hydrogen) atoms. The summed E-state index contributed by atoms with van der Waals surface area (Å²) in [6.45, 7) is 0. The molecule has 15 heteroatoms. The normalized spacial score (nSPS) is 11.6. The number of hydrogen-bond donors (Lipinski definition) is 0. The molecule has 0 N–H and O–H groups in total. The monoisotopic (exact) mass is 1970 g/mol. The minimum atomic E-state index is 0.630. The summed E-state index contributed by atoms with van der Waals surface area (Å²) in [5.41, 5.74) is 25.8. The van der Waals surface area contributed by atoms with E-state index in [2.05, 4.69) is 426 Å². The van der Waals surface area contributed by atoms with Crippen molar-refractivity contribution in [2.75, 3.05) is 0 Å². The quantitative estimate of drug-likeness (QED) is 0.0984. The van der Waals surface area contributed by atoms with E-state index >= 15 is 0 Å². The van der Waals surface area contributed by atoms with Crippen molar-refractivity contribution in [3.63, 3.8) is 0 Å². The highest BCUT2D eigenvalue weighted by atomic mass is 32.1. The Morgan fingerprint density at radius 1 is 0.140 bits per heavy atom. The summed E-state index contributed by atoms with van der Waals surface area (Å²) in [5, 5.41) is 15.1. The van der Waals surface area contributed by atoms with Crippen LogP contribution in [0.3, 0.4) is 0 Å². The van der Waals surface area contributed by atoms with Crippen LogP contribution in [-0.2, 0) is 0 Å². The predicted molar refractivity (Wildman–Crippen MR) is 626 cm³/mol. The Kier molecular flexibility index (Phi) is 22.2. The molecule has 30 rings (SSSR count). The van der Waals surface area contributed by atoms with Gasteiger partial charge in [-0.3, -0.25) is 0 Å². The lowest BCUT2D eigenvalue weighted by molar-refractivity contribution is 1.06. The molecule has 0 unspecified atom stereocenters. The third-order valence-electron chi connectivity index (χ3n) is 28.4. The van der Waals surface area contributed by atoms with Crippen LogP contribution < -0.4 is 0 Å². The van der Waals surface area contributed by atoms with Gasteiger partial charge in [-0.1, -0.05) is 406 Å². The first-order valence-electron chi connectivity index (χ1n) is 50.1. The van der Waals surface area contributed by atoms with Gasteiger partial charge in [0.2, 0.25) is 0 Å². The van der Waals surface area contributed by atoms with Gasteiger partial charge in [0.15, 0.2) is 52.4 Å². The third-order valence-corrected chi connectivity index (χ3v) is 31.8. The largest absolute Gasteiger partial charge is 0.309 e. The van der Waals surface area contributed by atoms with E-state index in [1.54, 1.807) is 0 Å². The summed E-state index contributed by atoms with van der Waals surface area (Å²) >= 11 is 5.54. The van der Waals surface area contributed by atoms with Crippen molar-refractivity contribution >= 4 is 160 Å². The Morgan fingerprint density at radius 2 is 0.380 bits per heavy atom. The maximum absolute atomic E-state index is 5.20. The SMILES string of the molecule is c1ccc(-c2ccc(-c3nc(-c4ccccc4)nc(-c4ccc(-n5c6ccccc6c6ccc7sc8ccccc8c7c65)cc4)n3)cc2)cc1.c1ccc(-c2ccc(-c3nc(-c4ccccc4)nc(-c4cccc(-n5c6ccccc6c6ccc7sc8ccccc8c7c65)c4)n3)cc2)cc1.c1ccc(-c2ccc(-c3nc(-c4ccccc4)nc(-c4ccccc4-n4c5ccccc5c5ccc6sc7ccccc7c6c54)n3)cc2)cc1. The van der Waals surface area contributed by atoms with Gasteiger partial charge in [0.05, 0.1) is 38.8 Å². The van der Waals surface area contributed by atoms with E-state index in [4.69, 9.17) is 44.9 Å². The summed E-state index contributed by atoms with van der Waals surface area (Å²) in [6, 6.07) is 179. The van der Waals surface area contributed by atoms with Crippen molar-refractivity contribution in [3.05, 3.63) is 510 Å². The van der Waals surface area contributed by atoms with Gasteiger partial charge in [0.25, 0.3) is 0 Å². The molecule has 0 radical (unpaired) electrons. The molecule has 0 saturated heterocycles. The molecule has 12 nitrogen and oxygen atoms in total. The molecule has 0 saturated carbocycles. The number of nitrogens with zero attached hydrogens (tertiary/aromatic N) is 12. The zero-order valence-corrected chi connectivity index (χ0v) is 83.0. The zero-order chi connectivity index (χ0) is 99.1. The minimum Gasteiger partial charge on any atom is -0.309 e. The maximum atomic E-state index is 5.20. The minimum absolute atomic E-state index is 0.630. The Labute approximate surface area is 874 Å². The average molecular weight is 1970 g/mol. The molecule has 0 atom stereocenters. The zero-order valence-electron chi connectivity index (χ0n) is 80.6. The third kappa shape index (κ3) is 16.0. The van der Waals surface area contributed by atoms with Crippen LogP contribution in [0.1, 0.15) is 0 Å². The van der Waals surface area contributed by atoms with Crippen LogP contribution in [0, 0.1) is 0 Å². The van der Waals surface area contributed by atoms with Gasteiger partial charge in [0.1, 0.15) is 0 Å². The molecule has 0 aliphatic heterocycles. The number of aromatic nitrogens is 12. The van der Waals surface area contributed by atoms with Crippen molar-refractivity contribution in [2.24, 2.45) is 0 Å². The summed E-state index contributed by atoms with van der Waals surface area (Å²) in [5.74, 6) is 5.76. The van der Waals surface area contributed by atoms with Gasteiger partial charge in [-0.05, 0) is 137 Å². The number of thiophene rings is 3. The smallest absolute Gasteiger partial charge is 0.166 e. The van der Waals surface area contributed by atoms with Crippen LogP contribution in [0.5, 0.6) is 0 Å². The fourth-order valence-corrected chi connectivity index (χ4v) is 24.7. The van der Waals surface area contributed by atoms with Crippen LogP contribution in [0.15, 0.2) is 510 Å². The standard InChI is InChI=1S/3C45H28N4S/c1-3-13-29(14-4-1)30-23-25-32(26-24-30)44-46-43(31-15-5-2-6-16-31)47-45(48-44)35-18-8-11-21-38(35)49-37-20-10-7-17-33(37)34-27-28-40-41(42(34)49)36-19-9-12-22-39(36)50-40;1-3-12-29(13-4-1)30-22-24-32(25-23-30)44-46-43(31-14-5-2-6-15-31)47-45(48-44)33-16-11-17-34(28-33)49-38-20-9-7-18-35(38)36-26-27-40-41(42(36)49)37-19-8-10-21-39(37)50-40;1-3-11-29(12-4-1)30-19-21-32(22-20-30)44-46-43(31-13-5-2-6-14-31)47-45(48-44)33-23-25-34(26-24-33)49-38-17-9-7-15-35(38)36-27-28-40-41(42(36)49)37-16-8-10-18-39(37)50-40/h3*1-28H. The fraction of sp³-hybridized carbons (Fsp3) is 0. The Hall–Kier alpha value is -19.3. The van der Waals surface area contributed by atoms with E-state index in [0.29, 0.717) is 52.4 Å². The van der Waals surface area contributed by atoms with E-state index in [-0.39, 0.29) is 0 Å². The highest BCUT2D eigenvalue weighted by Crippen LogP contribution is 2.49. The van der Waals surface area contributed by atoms with Crippen LogP contribution in [0.2, 0.25) is 0 Å². The van der Waals surface area contributed by atoms with Gasteiger partial charge >= 0.3 is 0 Å². The van der Waals surface area contributed by atoms with Crippen LogP contribution in [-0.4, -0.2) is 58.6 Å². The van der Waals surface area contributed by atoms with Crippen molar-refractivity contribution < 1.29 is 0 Å². The topological polar surface area (TPSA) is 131 Å². The second kappa shape index (κ2) is 37.7. The molecule has 0 aliphatic carbocycles. The van der Waals surface area contributed by atoms with Crippen LogP contribution >= 0.6 is 34.0 Å². The fourth-order valence-electron chi connectivity index (χ4n) is 21.4. The molecule has 0 spiro atoms. The first kappa shape index (κ1) is 88.4. The second-order valence-corrected chi connectivity index (χ2v) is 40.6. The average Bonchev–Trinajstić information content (AvgIpc) is 1.56. The van der Waals surface area contributed by atoms with E-state index in [9.17, 15) is 0 Å². The molecule has 9 aromatic heterocycles. The number of para-hydroxylation sites is 4. The first-order valence-corrected chi connectivity index (χ1v) is 52.6. The Morgan fingerprint density at radius 3 is 0.733 bits per heavy atom. The molecule has 0 bridgehead atoms. The van der Waals surface area contributed by atoms with Crippen LogP contribution in [0.4, 0.5) is 0 Å². The van der Waals surface area contributed by atoms with Crippen molar-refractivity contribution in [1.29, 1.82) is 0 Å².